The molecule has 0 bridgehead atoms. The van der Waals surface area contributed by atoms with Crippen LogP contribution in [0.1, 0.15) is 39.5 Å². The Balaban J connectivity index is 2.13. The van der Waals surface area contributed by atoms with E-state index in [1.54, 1.807) is 19.9 Å². The van der Waals surface area contributed by atoms with E-state index in [9.17, 15) is 28.2 Å². The van der Waals surface area contributed by atoms with Crippen molar-refractivity contribution in [3.63, 3.8) is 0 Å². The van der Waals surface area contributed by atoms with Crippen LogP contribution in [0.15, 0.2) is 23.3 Å². The summed E-state index contributed by atoms with van der Waals surface area (Å²) in [5, 5.41) is 19.1. The van der Waals surface area contributed by atoms with Gasteiger partial charge in [0.25, 0.3) is 0 Å². The number of hydrogen-bond donors (Lipinski definition) is 2. The van der Waals surface area contributed by atoms with Crippen LogP contribution in [0.25, 0.3) is 0 Å². The van der Waals surface area contributed by atoms with Crippen LogP contribution in [0.4, 0.5) is 0 Å². The van der Waals surface area contributed by atoms with Crippen LogP contribution in [0.2, 0.25) is 0 Å². The number of piperidine rings is 1. The van der Waals surface area contributed by atoms with Crippen molar-refractivity contribution in [1.29, 1.82) is 0 Å². The van der Waals surface area contributed by atoms with Gasteiger partial charge in [0.2, 0.25) is 10.0 Å². The molecule has 1 unspecified atom stereocenters. The Bertz CT molecular complexity index is 715. The summed E-state index contributed by atoms with van der Waals surface area (Å²) in [7, 11) is -3.22. The summed E-state index contributed by atoms with van der Waals surface area (Å²) in [6.45, 7) is 4.09. The molecule has 1 fully saturated rings. The number of rotatable bonds is 6. The minimum Gasteiger partial charge on any atom is -0.481 e. The van der Waals surface area contributed by atoms with Gasteiger partial charge in [0, 0.05) is 18.7 Å². The highest BCUT2D eigenvalue weighted by Crippen LogP contribution is 2.42. The second kappa shape index (κ2) is 7.29. The second-order valence-corrected chi connectivity index (χ2v) is 9.21. The molecule has 2 N–H and O–H groups in total. The standard InChI is InChI=1S/C17H25NO6S/c1-3-25(23,24)18-6-4-13(5-7-18)10-17(16(21)22)9-12(2)8-14(11-17)15(19)20/h8-9,13H,3-7,10-11H2,1-2H3,(H,19,20)(H,21,22). The monoisotopic (exact) mass is 371 g/mol. The van der Waals surface area contributed by atoms with Gasteiger partial charge in [-0.1, -0.05) is 11.6 Å². The molecule has 1 atom stereocenters. The molecule has 0 aromatic heterocycles. The Morgan fingerprint density at radius 3 is 2.36 bits per heavy atom. The lowest BCUT2D eigenvalue weighted by Gasteiger charge is -2.37. The normalized spacial score (nSPS) is 26.0. The number of carbonyl (C=O) groups is 2. The van der Waals surface area contributed by atoms with Gasteiger partial charge < -0.3 is 10.2 Å². The van der Waals surface area contributed by atoms with Crippen molar-refractivity contribution in [2.24, 2.45) is 11.3 Å². The maximum absolute atomic E-state index is 12.0. The highest BCUT2D eigenvalue weighted by Gasteiger charge is 2.43. The number of carboxylic acids is 2. The van der Waals surface area contributed by atoms with Crippen molar-refractivity contribution in [1.82, 2.24) is 4.31 Å². The molecule has 140 valence electrons. The van der Waals surface area contributed by atoms with E-state index in [1.807, 2.05) is 0 Å². The zero-order chi connectivity index (χ0) is 18.8. The third-order valence-electron chi connectivity index (χ3n) is 5.10. The molecule has 25 heavy (non-hydrogen) atoms. The number of carboxylic acid groups (broad SMARTS) is 2. The largest absolute Gasteiger partial charge is 0.481 e. The van der Waals surface area contributed by atoms with Crippen molar-refractivity contribution in [2.45, 2.75) is 39.5 Å². The lowest BCUT2D eigenvalue weighted by molar-refractivity contribution is -0.147. The Kier molecular flexibility index (Phi) is 5.73. The van der Waals surface area contributed by atoms with Crippen molar-refractivity contribution >= 4 is 22.0 Å². The minimum atomic E-state index is -3.22. The molecular weight excluding hydrogens is 346 g/mol. The third-order valence-corrected chi connectivity index (χ3v) is 6.98. The SMILES string of the molecule is CCS(=O)(=O)N1CCC(CC2(C(=O)O)C=C(C)C=C(C(=O)O)C2)CC1. The van der Waals surface area contributed by atoms with Gasteiger partial charge in [0.15, 0.2) is 0 Å². The number of aliphatic carboxylic acids is 2. The third kappa shape index (κ3) is 4.30. The average Bonchev–Trinajstić information content (AvgIpc) is 2.54. The van der Waals surface area contributed by atoms with E-state index < -0.39 is 27.4 Å². The van der Waals surface area contributed by atoms with Crippen molar-refractivity contribution in [2.75, 3.05) is 18.8 Å². The van der Waals surface area contributed by atoms with E-state index in [2.05, 4.69) is 0 Å². The Hall–Kier alpha value is -1.67. The fraction of sp³-hybridized carbons (Fsp3) is 0.647. The van der Waals surface area contributed by atoms with Gasteiger partial charge in [-0.25, -0.2) is 17.5 Å². The van der Waals surface area contributed by atoms with E-state index >= 15 is 0 Å². The first kappa shape index (κ1) is 19.7. The molecule has 2 aliphatic rings. The molecule has 0 spiro atoms. The van der Waals surface area contributed by atoms with Gasteiger partial charge >= 0.3 is 11.9 Å². The number of nitrogens with zero attached hydrogens (tertiary/aromatic N) is 1. The van der Waals surface area contributed by atoms with Gasteiger partial charge in [0.1, 0.15) is 0 Å². The van der Waals surface area contributed by atoms with Gasteiger partial charge in [-0.3, -0.25) is 4.79 Å². The smallest absolute Gasteiger partial charge is 0.331 e. The lowest BCUT2D eigenvalue weighted by Crippen LogP contribution is -2.42. The second-order valence-electron chi connectivity index (χ2n) is 6.95. The van der Waals surface area contributed by atoms with E-state index in [-0.39, 0.29) is 23.7 Å². The van der Waals surface area contributed by atoms with E-state index in [1.165, 1.54) is 10.4 Å². The zero-order valence-electron chi connectivity index (χ0n) is 14.6. The molecule has 0 amide bonds. The minimum absolute atomic E-state index is 0.0392. The highest BCUT2D eigenvalue weighted by molar-refractivity contribution is 7.89. The predicted molar refractivity (Wildman–Crippen MR) is 92.5 cm³/mol. The fourth-order valence-corrected chi connectivity index (χ4v) is 4.91. The maximum atomic E-state index is 12.0. The first-order valence-corrected chi connectivity index (χ1v) is 10.0. The van der Waals surface area contributed by atoms with Gasteiger partial charge in [-0.15, -0.1) is 0 Å². The summed E-state index contributed by atoms with van der Waals surface area (Å²) in [6, 6.07) is 0. The summed E-state index contributed by atoms with van der Waals surface area (Å²) in [4.78, 5) is 23.3. The lowest BCUT2D eigenvalue weighted by atomic mass is 9.69. The Morgan fingerprint density at radius 1 is 1.28 bits per heavy atom. The van der Waals surface area contributed by atoms with Crippen molar-refractivity contribution in [3.8, 4) is 0 Å². The molecular formula is C17H25NO6S. The Labute approximate surface area is 148 Å². The molecule has 1 heterocycles. The molecule has 0 saturated carbocycles. The fourth-order valence-electron chi connectivity index (χ4n) is 3.78. The van der Waals surface area contributed by atoms with E-state index in [0.29, 0.717) is 37.9 Å². The molecule has 0 aromatic carbocycles. The van der Waals surface area contributed by atoms with Gasteiger partial charge in [-0.05, 0) is 51.5 Å². The summed E-state index contributed by atoms with van der Waals surface area (Å²) < 4.78 is 25.3. The van der Waals surface area contributed by atoms with E-state index in [4.69, 9.17) is 0 Å². The summed E-state index contributed by atoms with van der Waals surface area (Å²) in [5.41, 5.74) is -0.492. The molecule has 1 saturated heterocycles. The van der Waals surface area contributed by atoms with Crippen LogP contribution in [0.3, 0.4) is 0 Å². The number of sulfonamides is 1. The van der Waals surface area contributed by atoms with Crippen LogP contribution >= 0.6 is 0 Å². The summed E-state index contributed by atoms with van der Waals surface area (Å²) >= 11 is 0. The molecule has 2 rings (SSSR count). The van der Waals surface area contributed by atoms with Gasteiger partial charge in [-0.2, -0.15) is 0 Å². The molecule has 1 aliphatic heterocycles. The summed E-state index contributed by atoms with van der Waals surface area (Å²) in [5.74, 6) is -2.01. The molecule has 7 nitrogen and oxygen atoms in total. The van der Waals surface area contributed by atoms with Crippen molar-refractivity contribution < 1.29 is 28.2 Å². The quantitative estimate of drug-likeness (QED) is 0.737. The van der Waals surface area contributed by atoms with Crippen LogP contribution in [-0.4, -0.2) is 53.7 Å². The van der Waals surface area contributed by atoms with Crippen LogP contribution in [-0.2, 0) is 19.6 Å². The molecule has 1 aliphatic carbocycles. The number of allylic oxidation sites excluding steroid dienone is 2. The topological polar surface area (TPSA) is 112 Å². The number of hydrogen-bond acceptors (Lipinski definition) is 4. The van der Waals surface area contributed by atoms with Crippen LogP contribution in [0.5, 0.6) is 0 Å². The van der Waals surface area contributed by atoms with E-state index in [0.717, 1.165) is 0 Å². The van der Waals surface area contributed by atoms with Gasteiger partial charge in [0.05, 0.1) is 11.2 Å². The van der Waals surface area contributed by atoms with Crippen molar-refractivity contribution in [3.05, 3.63) is 23.3 Å². The Morgan fingerprint density at radius 2 is 1.88 bits per heavy atom. The predicted octanol–water partition coefficient (Wildman–Crippen LogP) is 1.87. The first-order valence-electron chi connectivity index (χ1n) is 8.44. The average molecular weight is 371 g/mol. The first-order chi connectivity index (χ1) is 11.6. The van der Waals surface area contributed by atoms with Crippen LogP contribution < -0.4 is 0 Å². The highest BCUT2D eigenvalue weighted by atomic mass is 32.2. The molecule has 0 radical (unpaired) electrons. The maximum Gasteiger partial charge on any atom is 0.331 e. The zero-order valence-corrected chi connectivity index (χ0v) is 15.4. The molecule has 8 heteroatoms. The summed E-state index contributed by atoms with van der Waals surface area (Å²) in [6.07, 6.45) is 4.63. The van der Waals surface area contributed by atoms with Crippen LogP contribution in [0, 0.1) is 11.3 Å². The molecule has 0 aromatic rings.